The molecule has 9 atom stereocenters. The molecule has 43 heavy (non-hydrogen) atoms. The molecular weight excluding hydrogens is 572 g/mol. The molecule has 234 valence electrons. The van der Waals surface area contributed by atoms with E-state index in [9.17, 15) is 19.1 Å². The Bertz CT molecular complexity index is 1340. The van der Waals surface area contributed by atoms with Gasteiger partial charge in [-0.25, -0.2) is 8.78 Å². The lowest BCUT2D eigenvalue weighted by molar-refractivity contribution is -0.266. The van der Waals surface area contributed by atoms with E-state index in [0.717, 1.165) is 24.2 Å². The van der Waals surface area contributed by atoms with E-state index in [0.29, 0.717) is 43.5 Å². The number of ether oxygens (including phenoxy) is 1. The maximum Gasteiger partial charge on any atom is 0.226 e. The predicted octanol–water partition coefficient (Wildman–Crippen LogP) is 6.38. The second-order valence-electron chi connectivity index (χ2n) is 13.9. The van der Waals surface area contributed by atoms with Crippen LogP contribution < -0.4 is 4.74 Å². The normalized spacial score (nSPS) is 41.7. The van der Waals surface area contributed by atoms with Crippen LogP contribution in [0.4, 0.5) is 8.78 Å². The van der Waals surface area contributed by atoms with Crippen LogP contribution in [0, 0.1) is 34.0 Å². The minimum atomic E-state index is -1.35. The summed E-state index contributed by atoms with van der Waals surface area (Å²) < 4.78 is 35.5. The van der Waals surface area contributed by atoms with Gasteiger partial charge in [-0.15, -0.1) is 0 Å². The number of carbonyl (C=O) groups is 2. The summed E-state index contributed by atoms with van der Waals surface area (Å²) >= 11 is 0.630. The van der Waals surface area contributed by atoms with Gasteiger partial charge in [-0.1, -0.05) is 64.1 Å². The highest BCUT2D eigenvalue weighted by atomic mass is 32.2. The third kappa shape index (κ3) is 4.50. The van der Waals surface area contributed by atoms with Crippen molar-refractivity contribution in [1.29, 1.82) is 0 Å². The monoisotopic (exact) mass is 615 g/mol. The van der Waals surface area contributed by atoms with E-state index in [4.69, 9.17) is 9.57 Å². The third-order valence-corrected chi connectivity index (χ3v) is 12.5. The molecule has 1 N–H and O–H groups in total. The standard InChI is InChI=1S/C34H43F2NO5S/c1-5-6-13-41-24-9-7-21(8-10-24)18-37-19-22-16-32(3)26-15-27(36)25-14-23(38)11-12-31(25,2)29(26)28(39)17-33(32,4)34(22,42-37)30(40)43-20-35/h7-12,14,22,26-29,39H,5-6,13,15-20H2,1-4H3. The zero-order valence-electron chi connectivity index (χ0n) is 25.5. The molecule has 0 bridgehead atoms. The summed E-state index contributed by atoms with van der Waals surface area (Å²) in [6.07, 6.45) is 5.55. The van der Waals surface area contributed by atoms with Crippen LogP contribution in [0.2, 0.25) is 0 Å². The number of unbranched alkanes of at least 4 members (excludes halogenated alkanes) is 1. The first kappa shape index (κ1) is 30.9. The average molecular weight is 616 g/mol. The number of alkyl halides is 2. The van der Waals surface area contributed by atoms with E-state index in [1.54, 1.807) is 6.08 Å². The summed E-state index contributed by atoms with van der Waals surface area (Å²) in [5.41, 5.74) is -2.16. The van der Waals surface area contributed by atoms with Gasteiger partial charge in [0, 0.05) is 35.8 Å². The molecule has 0 amide bonds. The molecule has 6 rings (SSSR count). The van der Waals surface area contributed by atoms with Gasteiger partial charge in [-0.2, -0.15) is 5.06 Å². The number of halogens is 2. The van der Waals surface area contributed by atoms with Crippen LogP contribution in [0.25, 0.3) is 0 Å². The van der Waals surface area contributed by atoms with Crippen molar-refractivity contribution in [3.8, 4) is 5.75 Å². The molecule has 0 aromatic heterocycles. The van der Waals surface area contributed by atoms with Crippen molar-refractivity contribution in [2.75, 3.05) is 19.2 Å². The molecule has 0 radical (unpaired) electrons. The Balaban J connectivity index is 1.31. The van der Waals surface area contributed by atoms with Gasteiger partial charge in [0.25, 0.3) is 0 Å². The van der Waals surface area contributed by atoms with Crippen molar-refractivity contribution >= 4 is 22.7 Å². The molecule has 0 spiro atoms. The Morgan fingerprint density at radius 2 is 1.95 bits per heavy atom. The molecule has 6 nitrogen and oxygen atoms in total. The third-order valence-electron chi connectivity index (χ3n) is 11.8. The molecule has 5 aliphatic rings. The van der Waals surface area contributed by atoms with Crippen LogP contribution in [0.15, 0.2) is 48.1 Å². The Morgan fingerprint density at radius 1 is 1.21 bits per heavy atom. The number of aliphatic hydroxyl groups excluding tert-OH is 1. The summed E-state index contributed by atoms with van der Waals surface area (Å²) in [5.74, 6) is -0.256. The summed E-state index contributed by atoms with van der Waals surface area (Å²) in [4.78, 5) is 32.9. The van der Waals surface area contributed by atoms with E-state index in [1.165, 1.54) is 12.2 Å². The first-order valence-electron chi connectivity index (χ1n) is 15.6. The lowest BCUT2D eigenvalue weighted by Gasteiger charge is -2.64. The number of ketones is 1. The van der Waals surface area contributed by atoms with Crippen LogP contribution in [-0.2, 0) is 21.0 Å². The second-order valence-corrected chi connectivity index (χ2v) is 14.8. The molecule has 4 aliphatic carbocycles. The number of thioether (sulfide) groups is 1. The highest BCUT2D eigenvalue weighted by Gasteiger charge is 2.80. The van der Waals surface area contributed by atoms with Gasteiger partial charge in [0.2, 0.25) is 5.12 Å². The number of allylic oxidation sites excluding steroid dienone is 4. The molecular formula is C34H43F2NO5S. The van der Waals surface area contributed by atoms with Crippen LogP contribution >= 0.6 is 11.8 Å². The smallest absolute Gasteiger partial charge is 0.226 e. The average Bonchev–Trinajstić information content (AvgIpc) is 3.40. The molecule has 1 aromatic rings. The summed E-state index contributed by atoms with van der Waals surface area (Å²) in [7, 11) is 0. The SMILES string of the molecule is CCCCOc1ccc(CN2CC3CC4(C)C5CC(F)C6=CC(=O)C=CC6(C)C5C(O)CC4(C)C3(C(=O)SCF)O2)cc1. The van der Waals surface area contributed by atoms with Crippen molar-refractivity contribution in [2.45, 2.75) is 84.2 Å². The number of carbonyl (C=O) groups excluding carboxylic acids is 2. The summed E-state index contributed by atoms with van der Waals surface area (Å²) in [6, 6.07) is 6.98. The Labute approximate surface area is 257 Å². The first-order chi connectivity index (χ1) is 20.4. The summed E-state index contributed by atoms with van der Waals surface area (Å²) in [6.45, 7) is 9.75. The quantitative estimate of drug-likeness (QED) is 0.340. The second kappa shape index (κ2) is 11.1. The number of nitrogens with zero attached hydrogens (tertiary/aromatic N) is 1. The van der Waals surface area contributed by atoms with E-state index < -0.39 is 40.1 Å². The van der Waals surface area contributed by atoms with E-state index in [-0.39, 0.29) is 41.5 Å². The van der Waals surface area contributed by atoms with Gasteiger partial charge in [0.05, 0.1) is 12.7 Å². The first-order valence-corrected chi connectivity index (χ1v) is 16.6. The predicted molar refractivity (Wildman–Crippen MR) is 161 cm³/mol. The molecule has 3 saturated carbocycles. The van der Waals surface area contributed by atoms with Crippen molar-refractivity contribution in [3.63, 3.8) is 0 Å². The van der Waals surface area contributed by atoms with Gasteiger partial charge in [-0.3, -0.25) is 14.4 Å². The lowest BCUT2D eigenvalue weighted by Crippen LogP contribution is -2.66. The minimum Gasteiger partial charge on any atom is -0.494 e. The molecule has 1 aliphatic heterocycles. The molecule has 1 saturated heterocycles. The van der Waals surface area contributed by atoms with Crippen molar-refractivity contribution < 1.29 is 33.1 Å². The highest BCUT2D eigenvalue weighted by molar-refractivity contribution is 8.13. The molecule has 9 heteroatoms. The lowest BCUT2D eigenvalue weighted by atomic mass is 9.41. The Morgan fingerprint density at radius 3 is 2.65 bits per heavy atom. The molecule has 9 unspecified atom stereocenters. The maximum atomic E-state index is 16.0. The zero-order valence-corrected chi connectivity index (χ0v) is 26.3. The number of aliphatic hydroxyl groups is 1. The van der Waals surface area contributed by atoms with Crippen molar-refractivity contribution in [2.24, 2.45) is 34.0 Å². The topological polar surface area (TPSA) is 76.1 Å². The Hall–Kier alpha value is -2.07. The summed E-state index contributed by atoms with van der Waals surface area (Å²) in [5, 5.41) is 13.4. The minimum absolute atomic E-state index is 0.167. The number of hydrogen-bond acceptors (Lipinski definition) is 7. The molecule has 1 aromatic carbocycles. The van der Waals surface area contributed by atoms with Crippen molar-refractivity contribution in [3.05, 3.63) is 53.6 Å². The van der Waals surface area contributed by atoms with Gasteiger partial charge < -0.3 is 9.84 Å². The van der Waals surface area contributed by atoms with Gasteiger partial charge >= 0.3 is 0 Å². The van der Waals surface area contributed by atoms with Gasteiger partial charge in [0.1, 0.15) is 17.9 Å². The van der Waals surface area contributed by atoms with Crippen molar-refractivity contribution in [1.82, 2.24) is 5.06 Å². The fourth-order valence-corrected chi connectivity index (χ4v) is 10.4. The molecule has 1 heterocycles. The largest absolute Gasteiger partial charge is 0.494 e. The van der Waals surface area contributed by atoms with Crippen LogP contribution in [-0.4, -0.2) is 58.1 Å². The van der Waals surface area contributed by atoms with Gasteiger partial charge in [-0.05, 0) is 72.4 Å². The fourth-order valence-electron chi connectivity index (χ4n) is 9.69. The highest BCUT2D eigenvalue weighted by Crippen LogP contribution is 2.76. The molecule has 4 fully saturated rings. The van der Waals surface area contributed by atoms with Gasteiger partial charge in [0.15, 0.2) is 11.4 Å². The van der Waals surface area contributed by atoms with Crippen LogP contribution in [0.1, 0.15) is 65.4 Å². The number of hydroxylamine groups is 2. The van der Waals surface area contributed by atoms with Crippen LogP contribution in [0.5, 0.6) is 5.75 Å². The number of benzene rings is 1. The maximum absolute atomic E-state index is 16.0. The number of hydrogen-bond donors (Lipinski definition) is 1. The number of rotatable bonds is 8. The van der Waals surface area contributed by atoms with E-state index in [2.05, 4.69) is 13.8 Å². The van der Waals surface area contributed by atoms with Crippen LogP contribution in [0.3, 0.4) is 0 Å². The zero-order chi connectivity index (χ0) is 30.8. The van der Waals surface area contributed by atoms with E-state index >= 15 is 4.39 Å². The van der Waals surface area contributed by atoms with E-state index in [1.807, 2.05) is 43.2 Å². The number of fused-ring (bicyclic) bond motifs is 7. The fraction of sp³-hybridized carbons (Fsp3) is 0.647. The Kier molecular flexibility index (Phi) is 7.97.